The molecule has 1 amide bonds. The van der Waals surface area contributed by atoms with E-state index in [1.807, 2.05) is 0 Å². The molecule has 25 heavy (non-hydrogen) atoms. The fourth-order valence-corrected chi connectivity index (χ4v) is 3.41. The van der Waals surface area contributed by atoms with Crippen molar-refractivity contribution in [2.24, 2.45) is 0 Å². The summed E-state index contributed by atoms with van der Waals surface area (Å²) in [6.45, 7) is 0.278. The van der Waals surface area contributed by atoms with Gasteiger partial charge in [-0.25, -0.2) is 8.42 Å². The van der Waals surface area contributed by atoms with Gasteiger partial charge in [-0.1, -0.05) is 0 Å². The van der Waals surface area contributed by atoms with E-state index in [2.05, 4.69) is 10.4 Å². The first kappa shape index (κ1) is 20.9. The van der Waals surface area contributed by atoms with Crippen molar-refractivity contribution in [3.63, 3.8) is 0 Å². The van der Waals surface area contributed by atoms with Gasteiger partial charge < -0.3 is 10.4 Å². The predicted molar refractivity (Wildman–Crippen MR) is 78.0 cm³/mol. The van der Waals surface area contributed by atoms with Gasteiger partial charge >= 0.3 is 12.1 Å². The molecule has 0 aromatic carbocycles. The van der Waals surface area contributed by atoms with E-state index in [-0.39, 0.29) is 13.1 Å². The molecule has 0 aliphatic carbocycles. The Kier molecular flexibility index (Phi) is 6.54. The average Bonchev–Trinajstić information content (AvgIpc) is 2.89. The zero-order chi connectivity index (χ0) is 19.4. The van der Waals surface area contributed by atoms with Gasteiger partial charge in [0.2, 0.25) is 15.9 Å². The van der Waals surface area contributed by atoms with Crippen LogP contribution in [-0.4, -0.2) is 64.8 Å². The smallest absolute Gasteiger partial charge is 0.408 e. The summed E-state index contributed by atoms with van der Waals surface area (Å²) in [6, 6.07) is -1.50. The summed E-state index contributed by atoms with van der Waals surface area (Å²) in [5.74, 6) is -1.90. The minimum absolute atomic E-state index is 0.164. The third-order valence-corrected chi connectivity index (χ3v) is 4.98. The second-order valence-corrected chi connectivity index (χ2v) is 6.99. The van der Waals surface area contributed by atoms with Crippen LogP contribution in [0, 0.1) is 0 Å². The van der Waals surface area contributed by atoms with Gasteiger partial charge in [0, 0.05) is 26.2 Å². The summed E-state index contributed by atoms with van der Waals surface area (Å²) in [4.78, 5) is 21.4. The Morgan fingerprint density at radius 1 is 1.44 bits per heavy atom. The number of carbonyl (C=O) groups excluding carboxylic acids is 1. The summed E-state index contributed by atoms with van der Waals surface area (Å²) in [7, 11) is -4.43. The third-order valence-electron chi connectivity index (χ3n) is 3.05. The molecular formula is C12H17F3N4O5S. The van der Waals surface area contributed by atoms with E-state index in [1.54, 1.807) is 0 Å². The minimum atomic E-state index is -4.59. The Morgan fingerprint density at radius 3 is 2.52 bits per heavy atom. The van der Waals surface area contributed by atoms with Gasteiger partial charge in [-0.05, 0) is 6.92 Å². The molecule has 0 bridgehead atoms. The summed E-state index contributed by atoms with van der Waals surface area (Å²) < 4.78 is 63.1. The number of nitrogens with one attached hydrogen (secondary N) is 1. The first-order valence-corrected chi connectivity index (χ1v) is 8.37. The van der Waals surface area contributed by atoms with Crippen molar-refractivity contribution >= 4 is 21.9 Å². The van der Waals surface area contributed by atoms with Crippen LogP contribution in [-0.2, 0) is 26.2 Å². The number of carbonyl (C=O) groups is 2. The molecule has 1 aromatic rings. The van der Waals surface area contributed by atoms with E-state index >= 15 is 0 Å². The molecule has 0 fully saturated rings. The highest BCUT2D eigenvalue weighted by Crippen LogP contribution is 2.21. The molecule has 0 aliphatic rings. The Morgan fingerprint density at radius 2 is 2.04 bits per heavy atom. The van der Waals surface area contributed by atoms with Gasteiger partial charge in [0.05, 0.1) is 6.20 Å². The number of hydrogen-bond acceptors (Lipinski definition) is 5. The van der Waals surface area contributed by atoms with Crippen LogP contribution in [0.2, 0.25) is 0 Å². The van der Waals surface area contributed by atoms with E-state index in [1.165, 1.54) is 6.92 Å². The van der Waals surface area contributed by atoms with E-state index < -0.39 is 45.6 Å². The summed E-state index contributed by atoms with van der Waals surface area (Å²) in [5, 5.41) is 14.7. The minimum Gasteiger partial charge on any atom is -0.480 e. The zero-order valence-corrected chi connectivity index (χ0v) is 14.1. The summed E-state index contributed by atoms with van der Waals surface area (Å²) in [5.41, 5.74) is 0. The quantitative estimate of drug-likeness (QED) is 0.651. The number of alkyl halides is 3. The Bertz CT molecular complexity index is 731. The maximum absolute atomic E-state index is 12.5. The molecule has 9 nitrogen and oxygen atoms in total. The monoisotopic (exact) mass is 386 g/mol. The van der Waals surface area contributed by atoms with Gasteiger partial charge in [0.25, 0.3) is 0 Å². The highest BCUT2D eigenvalue weighted by Gasteiger charge is 2.35. The standard InChI is InChI=1S/C12H17F3N4O5S/c1-8(11(21)22)19(4-3-16-9(2)20)25(23,24)10-5-17-18(6-10)7-12(13,14)15/h5-6,8H,3-4,7H2,1-2H3,(H,16,20)(H,21,22). The van der Waals surface area contributed by atoms with Gasteiger partial charge in [-0.15, -0.1) is 0 Å². The number of halogens is 3. The van der Waals surface area contributed by atoms with Gasteiger partial charge in [0.1, 0.15) is 17.5 Å². The molecule has 1 rings (SSSR count). The molecule has 13 heteroatoms. The first-order valence-electron chi connectivity index (χ1n) is 6.93. The van der Waals surface area contributed by atoms with Gasteiger partial charge in [0.15, 0.2) is 0 Å². The van der Waals surface area contributed by atoms with Crippen molar-refractivity contribution in [2.45, 2.75) is 37.5 Å². The van der Waals surface area contributed by atoms with Crippen molar-refractivity contribution < 1.29 is 36.3 Å². The Labute approximate surface area is 141 Å². The number of aromatic nitrogens is 2. The highest BCUT2D eigenvalue weighted by atomic mass is 32.2. The highest BCUT2D eigenvalue weighted by molar-refractivity contribution is 7.89. The van der Waals surface area contributed by atoms with Crippen molar-refractivity contribution in [1.29, 1.82) is 0 Å². The lowest BCUT2D eigenvalue weighted by atomic mass is 10.3. The van der Waals surface area contributed by atoms with Crippen molar-refractivity contribution in [3.05, 3.63) is 12.4 Å². The molecule has 0 radical (unpaired) electrons. The zero-order valence-electron chi connectivity index (χ0n) is 13.3. The van der Waals surface area contributed by atoms with E-state index in [4.69, 9.17) is 5.11 Å². The normalized spacial score (nSPS) is 13.7. The lowest BCUT2D eigenvalue weighted by Gasteiger charge is -2.25. The molecule has 142 valence electrons. The molecular weight excluding hydrogens is 369 g/mol. The molecule has 2 N–H and O–H groups in total. The Balaban J connectivity index is 3.09. The molecule has 1 unspecified atom stereocenters. The number of rotatable bonds is 8. The first-order chi connectivity index (χ1) is 11.3. The number of nitrogens with zero attached hydrogens (tertiary/aromatic N) is 3. The molecule has 0 saturated heterocycles. The molecule has 1 heterocycles. The number of carboxylic acids is 1. The number of carboxylic acid groups (broad SMARTS) is 1. The Hall–Kier alpha value is -2.15. The third kappa shape index (κ3) is 6.01. The van der Waals surface area contributed by atoms with Crippen LogP contribution in [0.25, 0.3) is 0 Å². The summed E-state index contributed by atoms with van der Waals surface area (Å²) in [6.07, 6.45) is -3.21. The fraction of sp³-hybridized carbons (Fsp3) is 0.583. The molecule has 0 spiro atoms. The maximum atomic E-state index is 12.5. The fourth-order valence-electron chi connectivity index (χ4n) is 1.87. The van der Waals surface area contributed by atoms with E-state index in [9.17, 15) is 31.2 Å². The molecule has 1 aromatic heterocycles. The number of hydrogen-bond donors (Lipinski definition) is 2. The van der Waals surface area contributed by atoms with E-state index in [0.29, 0.717) is 21.4 Å². The van der Waals surface area contributed by atoms with Crippen LogP contribution < -0.4 is 5.32 Å². The van der Waals surface area contributed by atoms with Crippen molar-refractivity contribution in [1.82, 2.24) is 19.4 Å². The largest absolute Gasteiger partial charge is 0.480 e. The van der Waals surface area contributed by atoms with Crippen molar-refractivity contribution in [3.8, 4) is 0 Å². The predicted octanol–water partition coefficient (Wildman–Crippen LogP) is 0.0453. The second kappa shape index (κ2) is 7.82. The van der Waals surface area contributed by atoms with Crippen LogP contribution in [0.1, 0.15) is 13.8 Å². The van der Waals surface area contributed by atoms with E-state index in [0.717, 1.165) is 6.92 Å². The number of amides is 1. The van der Waals surface area contributed by atoms with Gasteiger partial charge in [-0.3, -0.25) is 14.3 Å². The number of sulfonamides is 1. The lowest BCUT2D eigenvalue weighted by molar-refractivity contribution is -0.143. The SMILES string of the molecule is CC(=O)NCCN(C(C)C(=O)O)S(=O)(=O)c1cnn(CC(F)(F)F)c1. The van der Waals surface area contributed by atoms with Crippen molar-refractivity contribution in [2.75, 3.05) is 13.1 Å². The topological polar surface area (TPSA) is 122 Å². The van der Waals surface area contributed by atoms with Gasteiger partial charge in [-0.2, -0.15) is 22.6 Å². The molecule has 1 atom stereocenters. The van der Waals surface area contributed by atoms with Crippen LogP contribution in [0.4, 0.5) is 13.2 Å². The van der Waals surface area contributed by atoms with Crippen LogP contribution in [0.15, 0.2) is 17.3 Å². The summed E-state index contributed by atoms with van der Waals surface area (Å²) >= 11 is 0. The van der Waals surface area contributed by atoms with Crippen LogP contribution in [0.5, 0.6) is 0 Å². The van der Waals surface area contributed by atoms with Crippen LogP contribution in [0.3, 0.4) is 0 Å². The maximum Gasteiger partial charge on any atom is 0.408 e. The average molecular weight is 386 g/mol. The van der Waals surface area contributed by atoms with Crippen LogP contribution >= 0.6 is 0 Å². The molecule has 0 aliphatic heterocycles. The molecule has 0 saturated carbocycles. The lowest BCUT2D eigenvalue weighted by Crippen LogP contribution is -2.46. The number of aliphatic carboxylic acids is 1. The second-order valence-electron chi connectivity index (χ2n) is 5.10.